The number of hydrogen-bond donors (Lipinski definition) is 0. The maximum atomic E-state index is 10.7. The maximum Gasteiger partial charge on any atom is 0.344 e. The molecule has 106 valence electrons. The number of benzene rings is 1. The molecule has 3 rings (SSSR count). The lowest BCUT2D eigenvalue weighted by atomic mass is 10.3. The smallest absolute Gasteiger partial charge is 0.258 e. The van der Waals surface area contributed by atoms with Gasteiger partial charge < -0.3 is 0 Å². The number of fused-ring (bicyclic) bond motifs is 1. The zero-order chi connectivity index (χ0) is 15.0. The van der Waals surface area contributed by atoms with Crippen molar-refractivity contribution in [3.05, 3.63) is 44.6 Å². The van der Waals surface area contributed by atoms with Gasteiger partial charge in [0.05, 0.1) is 20.1 Å². The number of thiazole rings is 2. The number of rotatable bonds is 4. The van der Waals surface area contributed by atoms with E-state index >= 15 is 0 Å². The number of nitro benzene ring substituents is 1. The van der Waals surface area contributed by atoms with Crippen molar-refractivity contribution in [3.63, 3.8) is 0 Å². The first-order valence-electron chi connectivity index (χ1n) is 5.36. The normalized spacial score (nSPS) is 10.9. The predicted molar refractivity (Wildman–Crippen MR) is 79.2 cm³/mol. The van der Waals surface area contributed by atoms with Crippen LogP contribution in [0.5, 0.6) is 0 Å². The highest BCUT2D eigenvalue weighted by molar-refractivity contribution is 8.02. The van der Waals surface area contributed by atoms with Crippen molar-refractivity contribution < 1.29 is 9.85 Å². The molecular weight excluding hydrogens is 336 g/mol. The van der Waals surface area contributed by atoms with Crippen LogP contribution in [-0.4, -0.2) is 19.8 Å². The summed E-state index contributed by atoms with van der Waals surface area (Å²) >= 11 is 3.46. The monoisotopic (exact) mass is 340 g/mol. The van der Waals surface area contributed by atoms with Crippen molar-refractivity contribution in [2.75, 3.05) is 0 Å². The quantitative estimate of drug-likeness (QED) is 0.525. The van der Waals surface area contributed by atoms with Gasteiger partial charge in [0.25, 0.3) is 5.69 Å². The molecule has 21 heavy (non-hydrogen) atoms. The molecule has 0 bridgehead atoms. The topological polar surface area (TPSA) is 112 Å². The van der Waals surface area contributed by atoms with Crippen molar-refractivity contribution >= 4 is 55.3 Å². The molecule has 2 heterocycles. The molecule has 0 spiro atoms. The first kappa shape index (κ1) is 13.9. The van der Waals surface area contributed by atoms with Crippen LogP contribution in [0.25, 0.3) is 10.2 Å². The van der Waals surface area contributed by atoms with Crippen LogP contribution in [-0.2, 0) is 0 Å². The third-order valence-electron chi connectivity index (χ3n) is 2.39. The van der Waals surface area contributed by atoms with Gasteiger partial charge in [-0.1, -0.05) is 0 Å². The van der Waals surface area contributed by atoms with E-state index in [0.29, 0.717) is 18.9 Å². The van der Waals surface area contributed by atoms with Crippen molar-refractivity contribution in [3.8, 4) is 0 Å². The van der Waals surface area contributed by atoms with Gasteiger partial charge in [0.15, 0.2) is 8.68 Å². The van der Waals surface area contributed by atoms with E-state index in [4.69, 9.17) is 0 Å². The van der Waals surface area contributed by atoms with E-state index in [0.717, 1.165) is 11.3 Å². The SMILES string of the molecule is O=[N+]([O-])c1ccc2nc(Sc3ncc([N+](=O)[O-])s3)sc2c1. The van der Waals surface area contributed by atoms with Gasteiger partial charge in [0.2, 0.25) is 0 Å². The Morgan fingerprint density at radius 2 is 1.90 bits per heavy atom. The van der Waals surface area contributed by atoms with Gasteiger partial charge in [-0.3, -0.25) is 20.2 Å². The fourth-order valence-electron chi connectivity index (χ4n) is 1.51. The number of nitrogens with zero attached hydrogens (tertiary/aromatic N) is 4. The molecule has 0 fully saturated rings. The fraction of sp³-hybridized carbons (Fsp3) is 0. The molecule has 0 unspecified atom stereocenters. The summed E-state index contributed by atoms with van der Waals surface area (Å²) in [5.41, 5.74) is 0.659. The molecule has 3 aromatic rings. The molecule has 0 amide bonds. The van der Waals surface area contributed by atoms with Gasteiger partial charge in [-0.2, -0.15) is 0 Å². The molecule has 11 heteroatoms. The minimum absolute atomic E-state index is 0.00702. The highest BCUT2D eigenvalue weighted by Crippen LogP contribution is 2.38. The summed E-state index contributed by atoms with van der Waals surface area (Å²) in [5, 5.41) is 21.3. The Kier molecular flexibility index (Phi) is 3.53. The van der Waals surface area contributed by atoms with Crippen LogP contribution in [0.1, 0.15) is 0 Å². The number of nitro groups is 2. The minimum Gasteiger partial charge on any atom is -0.258 e. The molecule has 0 aliphatic heterocycles. The summed E-state index contributed by atoms with van der Waals surface area (Å²) in [4.78, 5) is 28.6. The second-order valence-corrected chi connectivity index (χ2v) is 7.25. The Balaban J connectivity index is 1.90. The molecule has 8 nitrogen and oxygen atoms in total. The predicted octanol–water partition coefficient (Wildman–Crippen LogP) is 3.72. The number of hydrogen-bond acceptors (Lipinski definition) is 9. The zero-order valence-corrected chi connectivity index (χ0v) is 12.4. The largest absolute Gasteiger partial charge is 0.344 e. The third kappa shape index (κ3) is 2.84. The summed E-state index contributed by atoms with van der Waals surface area (Å²) in [7, 11) is 0. The van der Waals surface area contributed by atoms with Crippen LogP contribution < -0.4 is 0 Å². The van der Waals surface area contributed by atoms with Gasteiger partial charge in [0, 0.05) is 12.1 Å². The third-order valence-corrected chi connectivity index (χ3v) is 5.49. The highest BCUT2D eigenvalue weighted by atomic mass is 32.2. The highest BCUT2D eigenvalue weighted by Gasteiger charge is 2.15. The van der Waals surface area contributed by atoms with Crippen molar-refractivity contribution in [1.29, 1.82) is 0 Å². The Bertz CT molecular complexity index is 859. The lowest BCUT2D eigenvalue weighted by Crippen LogP contribution is -1.85. The first-order valence-corrected chi connectivity index (χ1v) is 7.81. The van der Waals surface area contributed by atoms with Gasteiger partial charge in [0.1, 0.15) is 6.20 Å². The number of non-ortho nitro benzene ring substituents is 1. The van der Waals surface area contributed by atoms with Gasteiger partial charge in [-0.15, -0.1) is 11.3 Å². The Morgan fingerprint density at radius 1 is 1.10 bits per heavy atom. The van der Waals surface area contributed by atoms with E-state index in [1.54, 1.807) is 6.07 Å². The Hall–Kier alpha value is -2.11. The standard InChI is InChI=1S/C10H4N4O4S3/c15-13(16)5-1-2-6-7(3-5)19-10(12-6)21-9-11-4-8(20-9)14(17)18/h1-4H. The fourth-order valence-corrected chi connectivity index (χ4v) is 4.59. The number of aromatic nitrogens is 2. The molecule has 0 aliphatic carbocycles. The van der Waals surface area contributed by atoms with E-state index in [1.807, 2.05) is 0 Å². The molecule has 0 saturated carbocycles. The molecule has 1 aromatic carbocycles. The van der Waals surface area contributed by atoms with Crippen LogP contribution in [0.2, 0.25) is 0 Å². The summed E-state index contributed by atoms with van der Waals surface area (Å²) in [6.45, 7) is 0. The van der Waals surface area contributed by atoms with Crippen molar-refractivity contribution in [2.24, 2.45) is 0 Å². The van der Waals surface area contributed by atoms with Gasteiger partial charge >= 0.3 is 5.00 Å². The Morgan fingerprint density at radius 3 is 2.57 bits per heavy atom. The molecular formula is C10H4N4O4S3. The Labute approximate surface area is 128 Å². The molecule has 0 saturated heterocycles. The van der Waals surface area contributed by atoms with Crippen LogP contribution in [0.4, 0.5) is 10.7 Å². The average Bonchev–Trinajstić information content (AvgIpc) is 3.03. The van der Waals surface area contributed by atoms with Crippen LogP contribution in [0.3, 0.4) is 0 Å². The average molecular weight is 340 g/mol. The van der Waals surface area contributed by atoms with Crippen LogP contribution in [0, 0.1) is 20.2 Å². The van der Waals surface area contributed by atoms with E-state index in [1.165, 1.54) is 41.4 Å². The maximum absolute atomic E-state index is 10.7. The van der Waals surface area contributed by atoms with Crippen molar-refractivity contribution in [1.82, 2.24) is 9.97 Å². The summed E-state index contributed by atoms with van der Waals surface area (Å²) in [6, 6.07) is 4.43. The van der Waals surface area contributed by atoms with Crippen LogP contribution >= 0.6 is 34.4 Å². The van der Waals surface area contributed by atoms with Crippen molar-refractivity contribution in [2.45, 2.75) is 8.68 Å². The molecule has 0 N–H and O–H groups in total. The first-order chi connectivity index (χ1) is 10.0. The summed E-state index contributed by atoms with van der Waals surface area (Å²) < 4.78 is 1.84. The second-order valence-electron chi connectivity index (χ2n) is 3.71. The lowest BCUT2D eigenvalue weighted by molar-refractivity contribution is -0.384. The molecule has 0 aliphatic rings. The second kappa shape index (κ2) is 5.35. The lowest BCUT2D eigenvalue weighted by Gasteiger charge is -1.88. The molecule has 2 aromatic heterocycles. The zero-order valence-electron chi connectivity index (χ0n) is 9.96. The molecule has 0 radical (unpaired) electrons. The summed E-state index contributed by atoms with van der Waals surface area (Å²) in [5.74, 6) is 0. The molecule has 0 atom stereocenters. The van der Waals surface area contributed by atoms with E-state index in [9.17, 15) is 20.2 Å². The van der Waals surface area contributed by atoms with E-state index < -0.39 is 9.85 Å². The van der Waals surface area contributed by atoms with Gasteiger partial charge in [-0.05, 0) is 29.2 Å². The van der Waals surface area contributed by atoms with Crippen LogP contribution in [0.15, 0.2) is 33.1 Å². The van der Waals surface area contributed by atoms with Gasteiger partial charge in [-0.25, -0.2) is 9.97 Å². The van der Waals surface area contributed by atoms with E-state index in [2.05, 4.69) is 9.97 Å². The minimum atomic E-state index is -0.497. The summed E-state index contributed by atoms with van der Waals surface area (Å²) in [6.07, 6.45) is 1.20. The van der Waals surface area contributed by atoms with E-state index in [-0.39, 0.29) is 10.7 Å².